The van der Waals surface area contributed by atoms with Gasteiger partial charge in [-0.25, -0.2) is 14.4 Å². The Kier molecular flexibility index (Phi) is 5.45. The average molecular weight is 488 g/mol. The van der Waals surface area contributed by atoms with Gasteiger partial charge in [-0.2, -0.15) is 0 Å². The van der Waals surface area contributed by atoms with Crippen molar-refractivity contribution in [2.24, 2.45) is 0 Å². The van der Waals surface area contributed by atoms with E-state index < -0.39 is 0 Å². The number of aromatic amines is 2. The fourth-order valence-electron chi connectivity index (χ4n) is 4.79. The van der Waals surface area contributed by atoms with Gasteiger partial charge in [-0.1, -0.05) is 18.2 Å². The van der Waals surface area contributed by atoms with Gasteiger partial charge in [0.2, 0.25) is 0 Å². The van der Waals surface area contributed by atoms with Crippen LogP contribution in [0, 0.1) is 5.82 Å². The molecule has 1 aliphatic rings. The van der Waals surface area contributed by atoms with Crippen LogP contribution in [0.15, 0.2) is 58.3 Å². The molecule has 10 heteroatoms. The number of H-pyrrole nitrogens is 2. The monoisotopic (exact) mass is 487 g/mol. The number of nitrogens with one attached hydrogen (secondary N) is 3. The third-order valence-electron chi connectivity index (χ3n) is 6.83. The lowest BCUT2D eigenvalue weighted by molar-refractivity contribution is 0.312. The van der Waals surface area contributed by atoms with Crippen molar-refractivity contribution >= 4 is 33.3 Å². The number of aromatic nitrogens is 4. The summed E-state index contributed by atoms with van der Waals surface area (Å²) in [6, 6.07) is 10.9. The number of hydrogen-bond donors (Lipinski definition) is 3. The number of para-hydroxylation sites is 1. The van der Waals surface area contributed by atoms with Crippen molar-refractivity contribution in [3.05, 3.63) is 70.9 Å². The molecule has 5 aromatic rings. The molecule has 0 bridgehead atoms. The zero-order valence-electron chi connectivity index (χ0n) is 20.0. The molecule has 3 aromatic heterocycles. The highest BCUT2D eigenvalue weighted by atomic mass is 19.1. The second kappa shape index (κ2) is 8.80. The topological polar surface area (TPSA) is 106 Å². The molecule has 0 radical (unpaired) electrons. The number of pyridine rings is 1. The third-order valence-corrected chi connectivity index (χ3v) is 6.83. The third kappa shape index (κ3) is 3.79. The Bertz CT molecular complexity index is 1600. The first-order valence-corrected chi connectivity index (χ1v) is 11.9. The molecule has 0 spiro atoms. The molecule has 1 atom stereocenters. The summed E-state index contributed by atoms with van der Waals surface area (Å²) in [5.74, 6) is -0.0940. The molecule has 0 unspecified atom stereocenters. The van der Waals surface area contributed by atoms with Crippen LogP contribution in [0.25, 0.3) is 33.3 Å². The van der Waals surface area contributed by atoms with Crippen molar-refractivity contribution in [3.8, 4) is 11.4 Å². The van der Waals surface area contributed by atoms with Gasteiger partial charge >= 0.3 is 0 Å². The van der Waals surface area contributed by atoms with Gasteiger partial charge < -0.3 is 29.5 Å². The number of hydrogen-bond acceptors (Lipinski definition) is 7. The van der Waals surface area contributed by atoms with E-state index in [1.165, 1.54) is 6.39 Å². The maximum absolute atomic E-state index is 15.7. The van der Waals surface area contributed by atoms with E-state index in [1.807, 2.05) is 42.2 Å². The molecule has 1 aliphatic heterocycles. The molecule has 36 heavy (non-hydrogen) atoms. The van der Waals surface area contributed by atoms with E-state index in [2.05, 4.69) is 37.2 Å². The second-order valence-corrected chi connectivity index (χ2v) is 9.20. The van der Waals surface area contributed by atoms with E-state index in [0.29, 0.717) is 39.5 Å². The van der Waals surface area contributed by atoms with E-state index in [9.17, 15) is 4.79 Å². The Morgan fingerprint density at radius 2 is 1.89 bits per heavy atom. The van der Waals surface area contributed by atoms with Gasteiger partial charge in [-0.3, -0.25) is 4.79 Å². The summed E-state index contributed by atoms with van der Waals surface area (Å²) in [7, 11) is 2.06. The number of piperazine rings is 1. The predicted octanol–water partition coefficient (Wildman–Crippen LogP) is 4.12. The first kappa shape index (κ1) is 22.3. The Hall–Kier alpha value is -4.18. The normalized spacial score (nSPS) is 15.6. The maximum Gasteiger partial charge on any atom is 0.261 e. The summed E-state index contributed by atoms with van der Waals surface area (Å²) in [5, 5.41) is 4.22. The number of rotatable bonds is 5. The molecular weight excluding hydrogens is 461 g/mol. The Morgan fingerprint density at radius 3 is 2.67 bits per heavy atom. The Morgan fingerprint density at radius 1 is 1.08 bits per heavy atom. The zero-order valence-corrected chi connectivity index (χ0v) is 20.0. The van der Waals surface area contributed by atoms with E-state index >= 15 is 4.39 Å². The van der Waals surface area contributed by atoms with E-state index in [4.69, 9.17) is 4.42 Å². The predicted molar refractivity (Wildman–Crippen MR) is 138 cm³/mol. The fourth-order valence-corrected chi connectivity index (χ4v) is 4.79. The highest BCUT2D eigenvalue weighted by Crippen LogP contribution is 2.35. The Balaban J connectivity index is 1.48. The molecule has 9 nitrogen and oxygen atoms in total. The van der Waals surface area contributed by atoms with Crippen LogP contribution in [0.5, 0.6) is 0 Å². The van der Waals surface area contributed by atoms with Gasteiger partial charge in [-0.05, 0) is 32.2 Å². The highest BCUT2D eigenvalue weighted by Gasteiger charge is 2.24. The number of oxazole rings is 1. The SMILES string of the molecule is C[C@@H](Nc1c(-c2nc3c(F)c(N4CCN(C)CC4)ccc3[nH]2)c(=O)[nH]c2ccccc12)c1cocn1. The minimum atomic E-state index is -0.387. The van der Waals surface area contributed by atoms with E-state index in [1.54, 1.807) is 12.3 Å². The number of benzene rings is 2. The van der Waals surface area contributed by atoms with Crippen molar-refractivity contribution in [1.82, 2.24) is 24.8 Å². The number of likely N-dealkylation sites (N-methyl/N-ethyl adjacent to an activating group) is 1. The summed E-state index contributed by atoms with van der Waals surface area (Å²) in [5.41, 5.74) is 3.21. The number of halogens is 1. The molecular formula is C26H26FN7O2. The fraction of sp³-hybridized carbons (Fsp3) is 0.269. The molecule has 1 saturated heterocycles. The highest BCUT2D eigenvalue weighted by molar-refractivity contribution is 5.99. The van der Waals surface area contributed by atoms with Crippen LogP contribution in [0.3, 0.4) is 0 Å². The molecule has 3 N–H and O–H groups in total. The molecule has 6 rings (SSSR count). The van der Waals surface area contributed by atoms with Crippen molar-refractivity contribution < 1.29 is 8.81 Å². The summed E-state index contributed by atoms with van der Waals surface area (Å²) >= 11 is 0. The molecule has 184 valence electrons. The van der Waals surface area contributed by atoms with E-state index in [0.717, 1.165) is 31.6 Å². The Labute approximate surface area is 206 Å². The lowest BCUT2D eigenvalue weighted by Crippen LogP contribution is -2.44. The first-order valence-electron chi connectivity index (χ1n) is 11.9. The van der Waals surface area contributed by atoms with Crippen LogP contribution in [0.4, 0.5) is 15.8 Å². The quantitative estimate of drug-likeness (QED) is 0.342. The van der Waals surface area contributed by atoms with Crippen molar-refractivity contribution in [2.75, 3.05) is 43.4 Å². The van der Waals surface area contributed by atoms with Crippen molar-refractivity contribution in [2.45, 2.75) is 13.0 Å². The van der Waals surface area contributed by atoms with Gasteiger partial charge in [0.15, 0.2) is 12.2 Å². The second-order valence-electron chi connectivity index (χ2n) is 9.20. The van der Waals surface area contributed by atoms with Crippen LogP contribution in [0.2, 0.25) is 0 Å². The minimum Gasteiger partial charge on any atom is -0.451 e. The smallest absolute Gasteiger partial charge is 0.261 e. The van der Waals surface area contributed by atoms with Gasteiger partial charge in [-0.15, -0.1) is 0 Å². The lowest BCUT2D eigenvalue weighted by atomic mass is 10.1. The van der Waals surface area contributed by atoms with Gasteiger partial charge in [0, 0.05) is 31.6 Å². The van der Waals surface area contributed by atoms with Crippen molar-refractivity contribution in [3.63, 3.8) is 0 Å². The van der Waals surface area contributed by atoms with Crippen molar-refractivity contribution in [1.29, 1.82) is 0 Å². The number of anilines is 2. The number of nitrogens with zero attached hydrogens (tertiary/aromatic N) is 4. The molecule has 0 amide bonds. The largest absolute Gasteiger partial charge is 0.451 e. The minimum absolute atomic E-state index is 0.212. The van der Waals surface area contributed by atoms with Gasteiger partial charge in [0.25, 0.3) is 5.56 Å². The summed E-state index contributed by atoms with van der Waals surface area (Å²) in [4.78, 5) is 32.5. The maximum atomic E-state index is 15.7. The molecule has 0 aliphatic carbocycles. The zero-order chi connectivity index (χ0) is 24.8. The summed E-state index contributed by atoms with van der Waals surface area (Å²) in [6.45, 7) is 5.16. The van der Waals surface area contributed by atoms with Crippen LogP contribution in [-0.4, -0.2) is 58.1 Å². The van der Waals surface area contributed by atoms with Crippen LogP contribution < -0.4 is 15.8 Å². The molecule has 0 saturated carbocycles. The van der Waals surface area contributed by atoms with E-state index in [-0.39, 0.29) is 22.9 Å². The molecule has 4 heterocycles. The summed E-state index contributed by atoms with van der Waals surface area (Å²) < 4.78 is 20.8. The first-order chi connectivity index (χ1) is 17.5. The average Bonchev–Trinajstić information content (AvgIpc) is 3.56. The molecule has 2 aromatic carbocycles. The lowest BCUT2D eigenvalue weighted by Gasteiger charge is -2.34. The van der Waals surface area contributed by atoms with Crippen LogP contribution in [-0.2, 0) is 0 Å². The molecule has 1 fully saturated rings. The summed E-state index contributed by atoms with van der Waals surface area (Å²) in [6.07, 6.45) is 2.92. The number of fused-ring (bicyclic) bond motifs is 2. The van der Waals surface area contributed by atoms with Gasteiger partial charge in [0.1, 0.15) is 28.9 Å². The van der Waals surface area contributed by atoms with Crippen LogP contribution >= 0.6 is 0 Å². The van der Waals surface area contributed by atoms with Crippen LogP contribution in [0.1, 0.15) is 18.7 Å². The van der Waals surface area contributed by atoms with Gasteiger partial charge in [0.05, 0.1) is 28.5 Å². The standard InChI is InChI=1S/C26H26FN7O2/c1-15(19-13-36-14-28-19)29-23-16-5-3-4-6-17(16)31-26(35)21(23)25-30-18-7-8-20(22(27)24(18)32-25)34-11-9-33(2)10-12-34/h3-8,13-15H,9-12H2,1-2H3,(H,30,32)(H2,29,31,35)/t15-/m1/s1. The number of imidazole rings is 1.